The molecule has 1 aromatic rings. The lowest BCUT2D eigenvalue weighted by molar-refractivity contribution is -0.138. The summed E-state index contributed by atoms with van der Waals surface area (Å²) in [4.78, 5) is 0. The zero-order valence-corrected chi connectivity index (χ0v) is 12.8. The summed E-state index contributed by atoms with van der Waals surface area (Å²) in [6.07, 6.45) is 0.346. The Morgan fingerprint density at radius 2 is 1.90 bits per heavy atom. The lowest BCUT2D eigenvalue weighted by atomic mass is 9.75. The summed E-state index contributed by atoms with van der Waals surface area (Å²) in [6, 6.07) is 5.95. The molecule has 0 amide bonds. The van der Waals surface area contributed by atoms with Crippen molar-refractivity contribution in [3.8, 4) is 0 Å². The van der Waals surface area contributed by atoms with Gasteiger partial charge in [0, 0.05) is 5.54 Å². The molecule has 0 radical (unpaired) electrons. The Morgan fingerprint density at radius 3 is 2.48 bits per heavy atom. The van der Waals surface area contributed by atoms with Crippen molar-refractivity contribution in [1.82, 2.24) is 5.32 Å². The molecule has 21 heavy (non-hydrogen) atoms. The molecule has 0 bridgehead atoms. The number of benzene rings is 1. The van der Waals surface area contributed by atoms with Crippen LogP contribution in [-0.2, 0) is 12.6 Å². The number of hydrogen-bond acceptors (Lipinski definition) is 1. The molecule has 0 aliphatic carbocycles. The van der Waals surface area contributed by atoms with Gasteiger partial charge in [-0.3, -0.25) is 0 Å². The van der Waals surface area contributed by atoms with Crippen LogP contribution in [0.2, 0.25) is 0 Å². The third-order valence-corrected chi connectivity index (χ3v) is 4.80. The summed E-state index contributed by atoms with van der Waals surface area (Å²) in [6.45, 7) is 5.29. The fourth-order valence-electron chi connectivity index (χ4n) is 3.36. The number of hydrogen-bond donors (Lipinski definition) is 1. The van der Waals surface area contributed by atoms with Gasteiger partial charge in [0.05, 0.1) is 5.56 Å². The molecule has 0 saturated carbocycles. The van der Waals surface area contributed by atoms with E-state index in [1.807, 2.05) is 0 Å². The van der Waals surface area contributed by atoms with E-state index < -0.39 is 11.7 Å². The van der Waals surface area contributed by atoms with E-state index in [0.29, 0.717) is 17.9 Å². The summed E-state index contributed by atoms with van der Waals surface area (Å²) < 4.78 is 39.2. The van der Waals surface area contributed by atoms with Gasteiger partial charge >= 0.3 is 6.18 Å². The fraction of sp³-hybridized carbons (Fsp3) is 0.647. The van der Waals surface area contributed by atoms with E-state index in [2.05, 4.69) is 19.2 Å². The van der Waals surface area contributed by atoms with Crippen molar-refractivity contribution in [1.29, 1.82) is 0 Å². The van der Waals surface area contributed by atoms with Crippen LogP contribution in [0.15, 0.2) is 24.3 Å². The molecule has 0 spiro atoms. The average molecular weight is 299 g/mol. The first-order chi connectivity index (χ1) is 9.85. The molecule has 4 heteroatoms. The summed E-state index contributed by atoms with van der Waals surface area (Å²) in [5.74, 6) is 0.427. The second-order valence-corrected chi connectivity index (χ2v) is 6.35. The Hall–Kier alpha value is -1.03. The zero-order valence-electron chi connectivity index (χ0n) is 12.8. The van der Waals surface area contributed by atoms with Crippen LogP contribution in [0.25, 0.3) is 0 Å². The van der Waals surface area contributed by atoms with Gasteiger partial charge in [0.25, 0.3) is 0 Å². The van der Waals surface area contributed by atoms with E-state index in [9.17, 15) is 13.2 Å². The maximum absolute atomic E-state index is 13.1. The first-order valence-corrected chi connectivity index (χ1v) is 7.75. The minimum absolute atomic E-state index is 0.0169. The topological polar surface area (TPSA) is 12.0 Å². The number of piperidine rings is 1. The van der Waals surface area contributed by atoms with Crippen LogP contribution in [0.3, 0.4) is 0 Å². The van der Waals surface area contributed by atoms with Crippen LogP contribution in [0.4, 0.5) is 13.2 Å². The third-order valence-electron chi connectivity index (χ3n) is 4.80. The van der Waals surface area contributed by atoms with Gasteiger partial charge in [-0.05, 0) is 49.8 Å². The standard InChI is InChI=1S/C17H24F3N/c1-13(2)16(10-5-6-12-21-16)11-9-14-7-3-4-8-15(14)17(18,19)20/h3-4,7-8,13,21H,5-6,9-12H2,1-2H3. The van der Waals surface area contributed by atoms with Crippen LogP contribution < -0.4 is 5.32 Å². The number of rotatable bonds is 4. The van der Waals surface area contributed by atoms with Crippen molar-refractivity contribution in [2.75, 3.05) is 6.54 Å². The SMILES string of the molecule is CC(C)C1(CCc2ccccc2C(F)(F)F)CCCCN1. The Bertz CT molecular complexity index is 459. The first kappa shape index (κ1) is 16.3. The molecule has 1 aliphatic rings. The Kier molecular flexibility index (Phi) is 4.97. The Labute approximate surface area is 124 Å². The molecule has 1 nitrogen and oxygen atoms in total. The number of alkyl halides is 3. The van der Waals surface area contributed by atoms with E-state index in [0.717, 1.165) is 32.2 Å². The Morgan fingerprint density at radius 1 is 1.19 bits per heavy atom. The van der Waals surface area contributed by atoms with Crippen LogP contribution >= 0.6 is 0 Å². The van der Waals surface area contributed by atoms with Gasteiger partial charge in [0.2, 0.25) is 0 Å². The van der Waals surface area contributed by atoms with Gasteiger partial charge in [-0.1, -0.05) is 38.5 Å². The molecule has 1 aromatic carbocycles. The number of aryl methyl sites for hydroxylation is 1. The molecule has 2 rings (SSSR count). The van der Waals surface area contributed by atoms with Gasteiger partial charge in [-0.25, -0.2) is 0 Å². The molecule has 0 aromatic heterocycles. The summed E-state index contributed by atoms with van der Waals surface area (Å²) in [7, 11) is 0. The highest BCUT2D eigenvalue weighted by molar-refractivity contribution is 5.30. The maximum Gasteiger partial charge on any atom is 0.416 e. The summed E-state index contributed by atoms with van der Waals surface area (Å²) in [5.41, 5.74) is -0.0890. The molecule has 1 N–H and O–H groups in total. The quantitative estimate of drug-likeness (QED) is 0.841. The van der Waals surface area contributed by atoms with Gasteiger partial charge in [-0.2, -0.15) is 13.2 Å². The average Bonchev–Trinajstić information content (AvgIpc) is 2.45. The van der Waals surface area contributed by atoms with Crippen LogP contribution in [0, 0.1) is 5.92 Å². The maximum atomic E-state index is 13.1. The van der Waals surface area contributed by atoms with Crippen molar-refractivity contribution in [2.24, 2.45) is 5.92 Å². The van der Waals surface area contributed by atoms with Crippen LogP contribution in [0.5, 0.6) is 0 Å². The lowest BCUT2D eigenvalue weighted by Crippen LogP contribution is -2.52. The van der Waals surface area contributed by atoms with Crippen LogP contribution in [-0.4, -0.2) is 12.1 Å². The second kappa shape index (κ2) is 6.39. The minimum Gasteiger partial charge on any atom is -0.311 e. The van der Waals surface area contributed by atoms with Crippen LogP contribution in [0.1, 0.15) is 50.7 Å². The summed E-state index contributed by atoms with van der Waals surface area (Å²) >= 11 is 0. The van der Waals surface area contributed by atoms with Crippen molar-refractivity contribution in [3.63, 3.8) is 0 Å². The molecule has 1 saturated heterocycles. The van der Waals surface area contributed by atoms with E-state index in [-0.39, 0.29) is 5.54 Å². The Balaban J connectivity index is 2.15. The predicted molar refractivity (Wildman–Crippen MR) is 79.2 cm³/mol. The van der Waals surface area contributed by atoms with Crippen molar-refractivity contribution in [3.05, 3.63) is 35.4 Å². The minimum atomic E-state index is -4.26. The third kappa shape index (κ3) is 3.79. The largest absolute Gasteiger partial charge is 0.416 e. The fourth-order valence-corrected chi connectivity index (χ4v) is 3.36. The monoisotopic (exact) mass is 299 g/mol. The number of nitrogens with one attached hydrogen (secondary N) is 1. The zero-order chi connectivity index (χ0) is 15.5. The molecular weight excluding hydrogens is 275 g/mol. The highest BCUT2D eigenvalue weighted by Gasteiger charge is 2.36. The van der Waals surface area contributed by atoms with Gasteiger partial charge in [-0.15, -0.1) is 0 Å². The first-order valence-electron chi connectivity index (χ1n) is 7.75. The van der Waals surface area contributed by atoms with E-state index in [1.165, 1.54) is 12.1 Å². The highest BCUT2D eigenvalue weighted by Crippen LogP contribution is 2.35. The van der Waals surface area contributed by atoms with Gasteiger partial charge < -0.3 is 5.32 Å². The highest BCUT2D eigenvalue weighted by atomic mass is 19.4. The van der Waals surface area contributed by atoms with Crippen molar-refractivity contribution < 1.29 is 13.2 Å². The van der Waals surface area contributed by atoms with E-state index in [1.54, 1.807) is 12.1 Å². The van der Waals surface area contributed by atoms with Gasteiger partial charge in [0.1, 0.15) is 0 Å². The second-order valence-electron chi connectivity index (χ2n) is 6.35. The molecule has 1 atom stereocenters. The smallest absolute Gasteiger partial charge is 0.311 e. The molecule has 1 heterocycles. The molecule has 1 aliphatic heterocycles. The normalized spacial score (nSPS) is 23.5. The van der Waals surface area contributed by atoms with E-state index >= 15 is 0 Å². The predicted octanol–water partition coefficient (Wildman–Crippen LogP) is 4.81. The lowest BCUT2D eigenvalue weighted by Gasteiger charge is -2.42. The molecule has 1 unspecified atom stereocenters. The molecular formula is C17H24F3N. The summed E-state index contributed by atoms with van der Waals surface area (Å²) in [5, 5.41) is 3.58. The molecule has 1 fully saturated rings. The van der Waals surface area contributed by atoms with E-state index in [4.69, 9.17) is 0 Å². The number of halogens is 3. The van der Waals surface area contributed by atoms with Crippen molar-refractivity contribution in [2.45, 2.75) is 57.7 Å². The molecule has 118 valence electrons. The van der Waals surface area contributed by atoms with Crippen molar-refractivity contribution >= 4 is 0 Å². The van der Waals surface area contributed by atoms with Gasteiger partial charge in [0.15, 0.2) is 0 Å².